The molecular weight excluding hydrogens is 463 g/mol. The monoisotopic (exact) mass is 484 g/mol. The van der Waals surface area contributed by atoms with E-state index in [0.717, 1.165) is 34.9 Å². The van der Waals surface area contributed by atoms with Crippen molar-refractivity contribution in [2.75, 3.05) is 17.2 Å². The third-order valence-corrected chi connectivity index (χ3v) is 7.43. The highest BCUT2D eigenvalue weighted by Crippen LogP contribution is 2.30. The van der Waals surface area contributed by atoms with Gasteiger partial charge >= 0.3 is 0 Å². The Labute approximate surface area is 167 Å². The third kappa shape index (κ3) is 4.76. The molecule has 138 valence electrons. The Morgan fingerprint density at radius 3 is 2.38 bits per heavy atom. The number of anilines is 2. The fraction of sp³-hybridized carbons (Fsp3) is 0.316. The average Bonchev–Trinajstić information content (AvgIpc) is 3.16. The van der Waals surface area contributed by atoms with Crippen LogP contribution in [0.5, 0.6) is 0 Å². The van der Waals surface area contributed by atoms with Crippen LogP contribution in [0, 0.1) is 3.57 Å². The van der Waals surface area contributed by atoms with E-state index in [-0.39, 0.29) is 17.7 Å². The average molecular weight is 484 g/mol. The Hall–Kier alpha value is -1.61. The summed E-state index contributed by atoms with van der Waals surface area (Å²) in [6, 6.07) is 14.2. The van der Waals surface area contributed by atoms with Crippen LogP contribution in [0.25, 0.3) is 0 Å². The fourth-order valence-electron chi connectivity index (χ4n) is 3.11. The van der Waals surface area contributed by atoms with Gasteiger partial charge in [0.25, 0.3) is 0 Å². The van der Waals surface area contributed by atoms with Gasteiger partial charge in [-0.3, -0.25) is 4.79 Å². The Balaban J connectivity index is 1.56. The number of hydrogen-bond acceptors (Lipinski definition) is 4. The van der Waals surface area contributed by atoms with Gasteiger partial charge < -0.3 is 10.6 Å². The van der Waals surface area contributed by atoms with E-state index < -0.39 is 9.84 Å². The SMILES string of the molecule is O=C(CNc1ccc(S(=O)(=O)C2CCCC2)cc1)Nc1cccc(I)c1. The zero-order valence-corrected chi connectivity index (χ0v) is 17.2. The summed E-state index contributed by atoms with van der Waals surface area (Å²) >= 11 is 2.19. The Morgan fingerprint density at radius 1 is 1.04 bits per heavy atom. The molecule has 26 heavy (non-hydrogen) atoms. The Morgan fingerprint density at radius 2 is 1.73 bits per heavy atom. The predicted octanol–water partition coefficient (Wildman–Crippen LogP) is 4.06. The molecule has 3 rings (SSSR count). The van der Waals surface area contributed by atoms with Crippen molar-refractivity contribution in [2.24, 2.45) is 0 Å². The molecule has 7 heteroatoms. The van der Waals surface area contributed by atoms with Gasteiger partial charge in [-0.05, 0) is 77.9 Å². The highest BCUT2D eigenvalue weighted by Gasteiger charge is 2.30. The van der Waals surface area contributed by atoms with Crippen molar-refractivity contribution in [1.82, 2.24) is 0 Å². The first-order valence-corrected chi connectivity index (χ1v) is 11.2. The zero-order chi connectivity index (χ0) is 18.6. The van der Waals surface area contributed by atoms with Crippen LogP contribution in [0.4, 0.5) is 11.4 Å². The van der Waals surface area contributed by atoms with E-state index in [2.05, 4.69) is 33.2 Å². The second-order valence-corrected chi connectivity index (χ2v) is 9.86. The molecule has 1 aliphatic rings. The molecule has 2 aromatic carbocycles. The molecule has 1 fully saturated rings. The van der Waals surface area contributed by atoms with Crippen molar-refractivity contribution in [1.29, 1.82) is 0 Å². The van der Waals surface area contributed by atoms with Gasteiger partial charge in [-0.15, -0.1) is 0 Å². The fourth-order valence-corrected chi connectivity index (χ4v) is 5.50. The summed E-state index contributed by atoms with van der Waals surface area (Å²) in [5.41, 5.74) is 1.47. The van der Waals surface area contributed by atoms with E-state index in [0.29, 0.717) is 10.6 Å². The van der Waals surface area contributed by atoms with Crippen molar-refractivity contribution in [3.63, 3.8) is 0 Å². The van der Waals surface area contributed by atoms with Crippen molar-refractivity contribution in [3.8, 4) is 0 Å². The molecule has 0 heterocycles. The lowest BCUT2D eigenvalue weighted by atomic mass is 10.3. The number of halogens is 1. The molecule has 2 aromatic rings. The summed E-state index contributed by atoms with van der Waals surface area (Å²) < 4.78 is 26.2. The molecule has 0 bridgehead atoms. The first-order valence-electron chi connectivity index (χ1n) is 8.58. The van der Waals surface area contributed by atoms with E-state index in [1.54, 1.807) is 24.3 Å². The van der Waals surface area contributed by atoms with Crippen LogP contribution in [0.3, 0.4) is 0 Å². The van der Waals surface area contributed by atoms with E-state index in [4.69, 9.17) is 0 Å². The molecule has 1 amide bonds. The number of carbonyl (C=O) groups is 1. The lowest BCUT2D eigenvalue weighted by Gasteiger charge is -2.12. The highest BCUT2D eigenvalue weighted by molar-refractivity contribution is 14.1. The molecule has 0 radical (unpaired) electrons. The van der Waals surface area contributed by atoms with Gasteiger partial charge in [0, 0.05) is 14.9 Å². The van der Waals surface area contributed by atoms with E-state index >= 15 is 0 Å². The van der Waals surface area contributed by atoms with E-state index in [9.17, 15) is 13.2 Å². The van der Waals surface area contributed by atoms with E-state index in [1.807, 2.05) is 24.3 Å². The van der Waals surface area contributed by atoms with Crippen LogP contribution >= 0.6 is 22.6 Å². The second kappa shape index (κ2) is 8.39. The maximum atomic E-state index is 12.6. The smallest absolute Gasteiger partial charge is 0.243 e. The minimum atomic E-state index is -3.24. The van der Waals surface area contributed by atoms with Crippen LogP contribution in [-0.4, -0.2) is 26.1 Å². The van der Waals surface area contributed by atoms with Crippen LogP contribution in [0.15, 0.2) is 53.4 Å². The quantitative estimate of drug-likeness (QED) is 0.607. The maximum Gasteiger partial charge on any atom is 0.243 e. The molecule has 0 unspecified atom stereocenters. The van der Waals surface area contributed by atoms with Crippen molar-refractivity contribution < 1.29 is 13.2 Å². The third-order valence-electron chi connectivity index (χ3n) is 4.49. The predicted molar refractivity (Wildman–Crippen MR) is 112 cm³/mol. The minimum Gasteiger partial charge on any atom is -0.376 e. The molecular formula is C19H21IN2O3S. The molecule has 5 nitrogen and oxygen atoms in total. The van der Waals surface area contributed by atoms with Crippen LogP contribution in [-0.2, 0) is 14.6 Å². The zero-order valence-electron chi connectivity index (χ0n) is 14.2. The van der Waals surface area contributed by atoms with Gasteiger partial charge in [0.1, 0.15) is 0 Å². The number of nitrogens with one attached hydrogen (secondary N) is 2. The van der Waals surface area contributed by atoms with Crippen LogP contribution in [0.1, 0.15) is 25.7 Å². The topological polar surface area (TPSA) is 75.3 Å². The lowest BCUT2D eigenvalue weighted by Crippen LogP contribution is -2.22. The molecule has 0 spiro atoms. The standard InChI is InChI=1S/C19H21IN2O3S/c20-14-4-3-5-16(12-14)22-19(23)13-21-15-8-10-18(11-9-15)26(24,25)17-6-1-2-7-17/h3-5,8-12,17,21H,1-2,6-7,13H2,(H,22,23). The van der Waals surface area contributed by atoms with Crippen molar-refractivity contribution in [2.45, 2.75) is 35.8 Å². The molecule has 0 aromatic heterocycles. The summed E-state index contributed by atoms with van der Waals surface area (Å²) in [7, 11) is -3.24. The Kier molecular flexibility index (Phi) is 6.18. The molecule has 0 aliphatic heterocycles. The number of amides is 1. The minimum absolute atomic E-state index is 0.111. The molecule has 0 atom stereocenters. The summed E-state index contributed by atoms with van der Waals surface area (Å²) in [4.78, 5) is 12.4. The molecule has 1 saturated carbocycles. The first-order chi connectivity index (χ1) is 12.4. The van der Waals surface area contributed by atoms with Gasteiger partial charge in [-0.25, -0.2) is 8.42 Å². The summed E-state index contributed by atoms with van der Waals surface area (Å²) in [6.07, 6.45) is 3.47. The largest absolute Gasteiger partial charge is 0.376 e. The lowest BCUT2D eigenvalue weighted by molar-refractivity contribution is -0.114. The van der Waals surface area contributed by atoms with Crippen LogP contribution < -0.4 is 10.6 Å². The van der Waals surface area contributed by atoms with Crippen molar-refractivity contribution >= 4 is 49.7 Å². The molecule has 2 N–H and O–H groups in total. The number of hydrogen-bond donors (Lipinski definition) is 2. The maximum absolute atomic E-state index is 12.6. The van der Waals surface area contributed by atoms with Crippen LogP contribution in [0.2, 0.25) is 0 Å². The van der Waals surface area contributed by atoms with Gasteiger partial charge in [-0.1, -0.05) is 18.9 Å². The Bertz CT molecular complexity index is 876. The second-order valence-electron chi connectivity index (χ2n) is 6.39. The number of sulfone groups is 1. The van der Waals surface area contributed by atoms with Gasteiger partial charge in [0.05, 0.1) is 16.7 Å². The number of carbonyl (C=O) groups excluding carboxylic acids is 1. The normalized spacial score (nSPS) is 15.0. The summed E-state index contributed by atoms with van der Waals surface area (Å²) in [5, 5.41) is 5.59. The molecule has 0 saturated heterocycles. The summed E-state index contributed by atoms with van der Waals surface area (Å²) in [5.74, 6) is -0.158. The highest BCUT2D eigenvalue weighted by atomic mass is 127. The summed E-state index contributed by atoms with van der Waals surface area (Å²) in [6.45, 7) is 0.111. The van der Waals surface area contributed by atoms with Gasteiger partial charge in [-0.2, -0.15) is 0 Å². The first kappa shape index (κ1) is 19.2. The van der Waals surface area contributed by atoms with Gasteiger partial charge in [0.2, 0.25) is 5.91 Å². The van der Waals surface area contributed by atoms with E-state index in [1.165, 1.54) is 0 Å². The van der Waals surface area contributed by atoms with Crippen molar-refractivity contribution in [3.05, 3.63) is 52.1 Å². The molecule has 1 aliphatic carbocycles. The van der Waals surface area contributed by atoms with Gasteiger partial charge in [0.15, 0.2) is 9.84 Å². The number of rotatable bonds is 6. The number of benzene rings is 2.